The van der Waals surface area contributed by atoms with E-state index in [9.17, 15) is 19.2 Å². The van der Waals surface area contributed by atoms with E-state index in [1.807, 2.05) is 39.8 Å². The molecule has 0 N–H and O–H groups in total. The third kappa shape index (κ3) is 23.9. The number of benzene rings is 2. The number of unbranched alkanes of at least 4 members (excludes halogenated alkanes) is 22. The molecule has 0 radical (unpaired) electrons. The van der Waals surface area contributed by atoms with E-state index in [4.69, 9.17) is 37.9 Å². The SMILES string of the molecule is CCCCCCCCCCCCCCC(CCCCCCCCCCCCCC)CO[C@@H]1OC(COC(=O)c2ccccc2)[C@H](C)[C@H](O[C@]2(C(=O)OC)CC(C)[C@@H](C)[C@H]([C@H](C)[C@@H](CC)OC(C)=O)O2)C1OC(=O)c1ccccc1. The van der Waals surface area contributed by atoms with Gasteiger partial charge in [-0.2, -0.15) is 0 Å². The molecule has 2 aromatic rings. The lowest BCUT2D eigenvalue weighted by atomic mass is 9.76. The van der Waals surface area contributed by atoms with E-state index < -0.39 is 72.4 Å². The molecule has 3 unspecified atom stereocenters. The summed E-state index contributed by atoms with van der Waals surface area (Å²) in [5, 5.41) is 0. The molecule has 12 nitrogen and oxygen atoms in total. The van der Waals surface area contributed by atoms with Crippen LogP contribution in [0.2, 0.25) is 0 Å². The molecule has 2 heterocycles. The number of carbonyl (C=O) groups excluding carboxylic acids is 4. The van der Waals surface area contributed by atoms with Gasteiger partial charge in [0.15, 0.2) is 12.4 Å². The zero-order valence-corrected chi connectivity index (χ0v) is 50.7. The Morgan fingerprint density at radius 1 is 0.620 bits per heavy atom. The number of carbonyl (C=O) groups is 4. The van der Waals surface area contributed by atoms with Crippen molar-refractivity contribution >= 4 is 23.9 Å². The second kappa shape index (κ2) is 38.8. The van der Waals surface area contributed by atoms with Gasteiger partial charge in [-0.3, -0.25) is 4.79 Å². The molecular formula is C67H108O12. The van der Waals surface area contributed by atoms with Crippen LogP contribution in [0.1, 0.15) is 256 Å². The smallest absolute Gasteiger partial charge is 0.366 e. The summed E-state index contributed by atoms with van der Waals surface area (Å²) in [6.07, 6.45) is 27.9. The van der Waals surface area contributed by atoms with Gasteiger partial charge in [0.2, 0.25) is 0 Å². The maximum Gasteiger partial charge on any atom is 0.366 e. The molecule has 0 amide bonds. The summed E-state index contributed by atoms with van der Waals surface area (Å²) >= 11 is 0. The van der Waals surface area contributed by atoms with Crippen LogP contribution < -0.4 is 0 Å². The molecule has 0 aliphatic carbocycles. The lowest BCUT2D eigenvalue weighted by Crippen LogP contribution is -2.64. The fraction of sp³-hybridized carbons (Fsp3) is 0.761. The van der Waals surface area contributed by atoms with Crippen LogP contribution in [0.5, 0.6) is 0 Å². The Hall–Kier alpha value is -3.84. The first-order valence-electron chi connectivity index (χ1n) is 31.6. The van der Waals surface area contributed by atoms with Crippen molar-refractivity contribution < 1.29 is 57.1 Å². The fourth-order valence-electron chi connectivity index (χ4n) is 11.8. The molecule has 79 heavy (non-hydrogen) atoms. The Morgan fingerprint density at radius 2 is 1.09 bits per heavy atom. The van der Waals surface area contributed by atoms with Crippen molar-refractivity contribution in [2.45, 2.75) is 278 Å². The number of hydrogen-bond acceptors (Lipinski definition) is 12. The maximum atomic E-state index is 14.5. The molecule has 11 atom stereocenters. The van der Waals surface area contributed by atoms with E-state index in [2.05, 4.69) is 20.8 Å². The van der Waals surface area contributed by atoms with Gasteiger partial charge in [0, 0.05) is 25.2 Å². The first kappa shape index (κ1) is 67.7. The summed E-state index contributed by atoms with van der Waals surface area (Å²) in [6.45, 7) is 16.0. The van der Waals surface area contributed by atoms with Crippen LogP contribution in [-0.4, -0.2) is 86.8 Å². The molecule has 448 valence electrons. The van der Waals surface area contributed by atoms with Gasteiger partial charge in [-0.05, 0) is 61.3 Å². The van der Waals surface area contributed by atoms with Gasteiger partial charge in [-0.25, -0.2) is 14.4 Å². The molecule has 2 saturated heterocycles. The standard InChI is InChI=1S/C67H108O12/c1-10-13-15-17-19-21-23-25-27-29-31-35-41-55(42-36-32-30-28-26-24-22-20-18-16-14-11-2)48-74-65-62(77-64(70)57-45-39-34-40-46-57)61(53(7)59(76-65)49-73-63(69)56-43-37-33-38-44-56)79-67(66(71)72-9)47-50(4)51(5)60(78-67)52(6)58(12-3)75-54(8)68/h33-34,37-40,43-46,50-53,55,58-62,65H,10-32,35-36,41-42,47-49H2,1-9H3/t50?,51-,52-,53+,58-,59?,60-,61+,62?,65-,67+/m1/s1. The molecule has 0 saturated carbocycles. The van der Waals surface area contributed by atoms with Gasteiger partial charge in [0.25, 0.3) is 5.79 Å². The number of methoxy groups -OCH3 is 1. The first-order valence-corrected chi connectivity index (χ1v) is 31.6. The highest BCUT2D eigenvalue weighted by atomic mass is 16.8. The highest BCUT2D eigenvalue weighted by molar-refractivity contribution is 5.90. The predicted molar refractivity (Wildman–Crippen MR) is 313 cm³/mol. The Balaban J connectivity index is 1.64. The zero-order chi connectivity index (χ0) is 57.3. The Labute approximate surface area is 478 Å². The van der Waals surface area contributed by atoms with E-state index >= 15 is 0 Å². The summed E-state index contributed by atoms with van der Waals surface area (Å²) in [7, 11) is 1.30. The van der Waals surface area contributed by atoms with E-state index in [0.717, 1.165) is 38.5 Å². The van der Waals surface area contributed by atoms with Crippen molar-refractivity contribution in [2.24, 2.45) is 29.6 Å². The minimum absolute atomic E-state index is 0.0758. The van der Waals surface area contributed by atoms with Crippen molar-refractivity contribution in [1.29, 1.82) is 0 Å². The number of ether oxygens (including phenoxy) is 8. The summed E-state index contributed by atoms with van der Waals surface area (Å²) in [5.74, 6) is -5.26. The van der Waals surface area contributed by atoms with Crippen molar-refractivity contribution in [3.63, 3.8) is 0 Å². The quantitative estimate of drug-likeness (QED) is 0.0355. The van der Waals surface area contributed by atoms with E-state index in [1.165, 1.54) is 142 Å². The Morgan fingerprint density at radius 3 is 1.54 bits per heavy atom. The lowest BCUT2D eigenvalue weighted by molar-refractivity contribution is -0.361. The minimum Gasteiger partial charge on any atom is -0.465 e. The summed E-state index contributed by atoms with van der Waals surface area (Å²) in [6, 6.07) is 17.6. The van der Waals surface area contributed by atoms with Crippen LogP contribution in [0.3, 0.4) is 0 Å². The van der Waals surface area contributed by atoms with Crippen molar-refractivity contribution in [1.82, 2.24) is 0 Å². The summed E-state index contributed by atoms with van der Waals surface area (Å²) in [4.78, 5) is 54.7. The monoisotopic (exact) mass is 1100 g/mol. The van der Waals surface area contributed by atoms with E-state index in [1.54, 1.807) is 48.5 Å². The molecule has 4 rings (SSSR count). The van der Waals surface area contributed by atoms with E-state index in [-0.39, 0.29) is 36.7 Å². The van der Waals surface area contributed by atoms with Crippen molar-refractivity contribution in [2.75, 3.05) is 20.3 Å². The summed E-state index contributed by atoms with van der Waals surface area (Å²) in [5.41, 5.74) is 0.717. The first-order chi connectivity index (χ1) is 38.3. The predicted octanol–water partition coefficient (Wildman–Crippen LogP) is 16.5. The Kier molecular flexibility index (Phi) is 33.2. The van der Waals surface area contributed by atoms with Gasteiger partial charge < -0.3 is 37.9 Å². The third-order valence-electron chi connectivity index (χ3n) is 17.1. The molecule has 2 aliphatic heterocycles. The van der Waals surface area contributed by atoms with Crippen LogP contribution in [0.15, 0.2) is 60.7 Å². The Bertz CT molecular complexity index is 1920. The van der Waals surface area contributed by atoms with Crippen LogP contribution in [0.4, 0.5) is 0 Å². The molecule has 12 heteroatoms. The van der Waals surface area contributed by atoms with Gasteiger partial charge in [-0.15, -0.1) is 0 Å². The minimum atomic E-state index is -1.98. The molecule has 2 aromatic carbocycles. The van der Waals surface area contributed by atoms with Gasteiger partial charge >= 0.3 is 23.9 Å². The molecule has 2 fully saturated rings. The van der Waals surface area contributed by atoms with Gasteiger partial charge in [0.1, 0.15) is 24.9 Å². The van der Waals surface area contributed by atoms with Crippen LogP contribution in [0, 0.1) is 29.6 Å². The largest absolute Gasteiger partial charge is 0.465 e. The van der Waals surface area contributed by atoms with Crippen molar-refractivity contribution in [3.05, 3.63) is 71.8 Å². The fourth-order valence-corrected chi connectivity index (χ4v) is 11.8. The molecule has 0 aromatic heterocycles. The lowest BCUT2D eigenvalue weighted by Gasteiger charge is -2.51. The van der Waals surface area contributed by atoms with Gasteiger partial charge in [-0.1, -0.05) is 239 Å². The normalized spacial score (nSPS) is 23.9. The molecule has 0 bridgehead atoms. The molecule has 0 spiro atoms. The van der Waals surface area contributed by atoms with Crippen LogP contribution in [-0.2, 0) is 47.5 Å². The second-order valence-electron chi connectivity index (χ2n) is 23.5. The van der Waals surface area contributed by atoms with Crippen molar-refractivity contribution in [3.8, 4) is 0 Å². The number of esters is 4. The average molecular weight is 1110 g/mol. The van der Waals surface area contributed by atoms with Crippen LogP contribution >= 0.6 is 0 Å². The molecular weight excluding hydrogens is 997 g/mol. The number of rotatable bonds is 41. The second-order valence-corrected chi connectivity index (χ2v) is 23.5. The highest BCUT2D eigenvalue weighted by Crippen LogP contribution is 2.45. The third-order valence-corrected chi connectivity index (χ3v) is 17.1. The maximum absolute atomic E-state index is 14.5. The molecule has 2 aliphatic rings. The number of hydrogen-bond donors (Lipinski definition) is 0. The topological polar surface area (TPSA) is 142 Å². The van der Waals surface area contributed by atoms with Gasteiger partial charge in [0.05, 0.1) is 30.9 Å². The summed E-state index contributed by atoms with van der Waals surface area (Å²) < 4.78 is 51.9. The van der Waals surface area contributed by atoms with E-state index in [0.29, 0.717) is 24.2 Å². The van der Waals surface area contributed by atoms with Crippen LogP contribution in [0.25, 0.3) is 0 Å². The zero-order valence-electron chi connectivity index (χ0n) is 50.7. The average Bonchev–Trinajstić information content (AvgIpc) is 3.58. The highest BCUT2D eigenvalue weighted by Gasteiger charge is 2.58.